The van der Waals surface area contributed by atoms with Crippen LogP contribution >= 0.6 is 0 Å². The lowest BCUT2D eigenvalue weighted by molar-refractivity contribution is -0.0652. The van der Waals surface area contributed by atoms with Gasteiger partial charge in [-0.05, 0) is 96.8 Å². The minimum Gasteiger partial charge on any atom is -0.431 e. The van der Waals surface area contributed by atoms with Crippen molar-refractivity contribution < 1.29 is 19.4 Å². The van der Waals surface area contributed by atoms with Crippen molar-refractivity contribution in [1.82, 2.24) is 5.32 Å². The predicted octanol–water partition coefficient (Wildman–Crippen LogP) is 8.70. The second kappa shape index (κ2) is 14.1. The van der Waals surface area contributed by atoms with Crippen LogP contribution in [0.5, 0.6) is 0 Å². The minimum absolute atomic E-state index is 0.142. The minimum atomic E-state index is -0.656. The number of benzene rings is 1. The molecule has 0 saturated heterocycles. The summed E-state index contributed by atoms with van der Waals surface area (Å²) in [4.78, 5) is 12.7. The van der Waals surface area contributed by atoms with Crippen molar-refractivity contribution in [2.24, 2.45) is 46.3 Å². The molecule has 0 bridgehead atoms. The van der Waals surface area contributed by atoms with Crippen molar-refractivity contribution in [2.45, 2.75) is 124 Å². The van der Waals surface area contributed by atoms with Crippen LogP contribution in [0.15, 0.2) is 42.0 Å². The lowest BCUT2D eigenvalue weighted by Gasteiger charge is -2.58. The number of aliphatic hydroxyl groups is 1. The van der Waals surface area contributed by atoms with Crippen molar-refractivity contribution in [3.8, 4) is 0 Å². The molecule has 4 unspecified atom stereocenters. The van der Waals surface area contributed by atoms with Gasteiger partial charge in [0.05, 0.1) is 6.61 Å². The molecule has 43 heavy (non-hydrogen) atoms. The number of hydrogen-bond donors (Lipinski definition) is 2. The van der Waals surface area contributed by atoms with E-state index in [0.717, 1.165) is 60.3 Å². The molecule has 0 radical (unpaired) electrons. The quantitative estimate of drug-likeness (QED) is 0.187. The van der Waals surface area contributed by atoms with Crippen molar-refractivity contribution in [1.29, 1.82) is 0 Å². The van der Waals surface area contributed by atoms with Gasteiger partial charge < -0.3 is 19.9 Å². The number of carbonyl (C=O) groups is 1. The second-order valence-electron chi connectivity index (χ2n) is 15.6. The summed E-state index contributed by atoms with van der Waals surface area (Å²) in [5.41, 5.74) is 3.39. The molecule has 240 valence electrons. The van der Waals surface area contributed by atoms with E-state index in [0.29, 0.717) is 18.5 Å². The number of fused-ring (bicyclic) bond motifs is 5. The molecule has 4 aliphatic carbocycles. The Kier molecular flexibility index (Phi) is 10.6. The van der Waals surface area contributed by atoms with Gasteiger partial charge in [0.2, 0.25) is 0 Å². The maximum atomic E-state index is 12.7. The molecule has 5 nitrogen and oxygen atoms in total. The molecule has 3 fully saturated rings. The molecular weight excluding hydrogens is 534 g/mol. The summed E-state index contributed by atoms with van der Waals surface area (Å²) in [6.45, 7) is 13.3. The highest BCUT2D eigenvalue weighted by Crippen LogP contribution is 2.67. The van der Waals surface area contributed by atoms with Crippen molar-refractivity contribution in [2.75, 3.05) is 13.2 Å². The fraction of sp³-hybridized carbons (Fsp3) is 0.763. The zero-order valence-electron chi connectivity index (χ0n) is 27.7. The molecule has 2 N–H and O–H groups in total. The number of ether oxygens (including phenoxy) is 2. The molecule has 9 atom stereocenters. The van der Waals surface area contributed by atoms with E-state index in [-0.39, 0.29) is 18.1 Å². The van der Waals surface area contributed by atoms with E-state index >= 15 is 0 Å². The molecule has 0 spiro atoms. The highest BCUT2D eigenvalue weighted by Gasteiger charge is 2.59. The number of aliphatic hydroxyl groups excluding tert-OH is 1. The third-order valence-corrected chi connectivity index (χ3v) is 12.5. The number of allylic oxidation sites excluding steroid dienone is 1. The van der Waals surface area contributed by atoms with E-state index in [1.165, 1.54) is 56.9 Å². The monoisotopic (exact) mass is 593 g/mol. The van der Waals surface area contributed by atoms with Crippen LogP contribution < -0.4 is 5.32 Å². The summed E-state index contributed by atoms with van der Waals surface area (Å²) in [7, 11) is 0. The third-order valence-electron chi connectivity index (χ3n) is 12.5. The molecule has 0 aliphatic heterocycles. The molecule has 4 aliphatic rings. The summed E-state index contributed by atoms with van der Waals surface area (Å²) in [5, 5.41) is 13.1. The van der Waals surface area contributed by atoms with Crippen LogP contribution in [0.2, 0.25) is 0 Å². The van der Waals surface area contributed by atoms with Crippen LogP contribution in [0.25, 0.3) is 0 Å². The normalized spacial score (nSPS) is 34.9. The van der Waals surface area contributed by atoms with E-state index in [9.17, 15) is 9.90 Å². The first-order valence-corrected chi connectivity index (χ1v) is 17.6. The van der Waals surface area contributed by atoms with Gasteiger partial charge in [-0.25, -0.2) is 4.79 Å². The predicted molar refractivity (Wildman–Crippen MR) is 173 cm³/mol. The number of hydrogen-bond acceptors (Lipinski definition) is 5. The smallest absolute Gasteiger partial charge is 0.431 e. The van der Waals surface area contributed by atoms with Crippen LogP contribution in [0, 0.1) is 46.3 Å². The number of carbonyl (C=O) groups excluding carboxylic acids is 1. The van der Waals surface area contributed by atoms with Gasteiger partial charge in [-0.1, -0.05) is 95.9 Å². The van der Waals surface area contributed by atoms with Crippen LogP contribution in [0.1, 0.15) is 111 Å². The molecular formula is C38H59NO4. The fourth-order valence-electron chi connectivity index (χ4n) is 10.2. The Bertz CT molecular complexity index is 1090. The van der Waals surface area contributed by atoms with Crippen molar-refractivity contribution >= 4 is 6.16 Å². The van der Waals surface area contributed by atoms with Crippen LogP contribution in [0.4, 0.5) is 4.79 Å². The Morgan fingerprint density at radius 1 is 1.02 bits per heavy atom. The van der Waals surface area contributed by atoms with Gasteiger partial charge in [0, 0.05) is 19.5 Å². The summed E-state index contributed by atoms with van der Waals surface area (Å²) in [6.07, 6.45) is 14.8. The molecule has 1 aromatic carbocycles. The molecule has 0 amide bonds. The van der Waals surface area contributed by atoms with Crippen LogP contribution in [0.3, 0.4) is 0 Å². The first-order chi connectivity index (χ1) is 20.6. The average Bonchev–Trinajstić information content (AvgIpc) is 3.34. The summed E-state index contributed by atoms with van der Waals surface area (Å²) >= 11 is 0. The topological polar surface area (TPSA) is 67.8 Å². The Morgan fingerprint density at radius 3 is 2.56 bits per heavy atom. The van der Waals surface area contributed by atoms with Crippen LogP contribution in [-0.2, 0) is 16.0 Å². The standard InChI is InChI=1S/C38H59NO4/c1-26(2)10-9-11-27(3)33-16-17-34-32-15-14-29-22-30(18-20-37(29,4)35(32)19-21-38(33,34)5)42-36(41)43-31(25-40)24-39-23-28-12-7-6-8-13-28/h6-8,12-14,26-27,30-35,39-40H,9-11,15-25H2,1-5H3/t27-,30?,31?,32+,33-,34?,35?,37+,38-/m0/s1. The van der Waals surface area contributed by atoms with Gasteiger partial charge >= 0.3 is 6.16 Å². The first kappa shape index (κ1) is 32.5. The average molecular weight is 594 g/mol. The third kappa shape index (κ3) is 7.19. The Hall–Kier alpha value is -1.85. The summed E-state index contributed by atoms with van der Waals surface area (Å²) < 4.78 is 11.4. The fourth-order valence-corrected chi connectivity index (χ4v) is 10.2. The highest BCUT2D eigenvalue weighted by molar-refractivity contribution is 5.60. The molecule has 5 rings (SSSR count). The van der Waals surface area contributed by atoms with Crippen LogP contribution in [-0.4, -0.2) is 36.6 Å². The Balaban J connectivity index is 1.14. The number of rotatable bonds is 12. The Morgan fingerprint density at radius 2 is 1.81 bits per heavy atom. The summed E-state index contributed by atoms with van der Waals surface area (Å²) in [6, 6.07) is 10.1. The summed E-state index contributed by atoms with van der Waals surface area (Å²) in [5.74, 6) is 4.95. The lowest BCUT2D eigenvalue weighted by Crippen LogP contribution is -2.51. The van der Waals surface area contributed by atoms with E-state index in [1.807, 2.05) is 30.3 Å². The van der Waals surface area contributed by atoms with Crippen molar-refractivity contribution in [3.05, 3.63) is 47.5 Å². The molecule has 0 heterocycles. The maximum absolute atomic E-state index is 12.7. The highest BCUT2D eigenvalue weighted by atomic mass is 16.7. The van der Waals surface area contributed by atoms with Gasteiger partial charge in [-0.3, -0.25) is 0 Å². The van der Waals surface area contributed by atoms with Gasteiger partial charge in [0.25, 0.3) is 0 Å². The molecule has 5 heteroatoms. The lowest BCUT2D eigenvalue weighted by atomic mass is 9.47. The SMILES string of the molecule is CC(C)CCC[C@H](C)[C@@H]1CCC2[C@H]3CC=C4CC(OC(=O)OC(CO)CNCc5ccccc5)CC[C@@]4(C)C3CC[C@]21C. The largest absolute Gasteiger partial charge is 0.508 e. The zero-order valence-corrected chi connectivity index (χ0v) is 27.7. The molecule has 1 aromatic rings. The molecule has 0 aromatic heterocycles. The maximum Gasteiger partial charge on any atom is 0.508 e. The van der Waals surface area contributed by atoms with Gasteiger partial charge in [0.1, 0.15) is 12.2 Å². The van der Waals surface area contributed by atoms with Gasteiger partial charge in [-0.2, -0.15) is 0 Å². The van der Waals surface area contributed by atoms with Crippen molar-refractivity contribution in [3.63, 3.8) is 0 Å². The van der Waals surface area contributed by atoms with E-state index < -0.39 is 12.3 Å². The van der Waals surface area contributed by atoms with Gasteiger partial charge in [0.15, 0.2) is 0 Å². The Labute approximate surface area is 261 Å². The van der Waals surface area contributed by atoms with E-state index in [1.54, 1.807) is 0 Å². The zero-order chi connectivity index (χ0) is 30.6. The van der Waals surface area contributed by atoms with Gasteiger partial charge in [-0.15, -0.1) is 0 Å². The molecule has 3 saturated carbocycles. The van der Waals surface area contributed by atoms with E-state index in [4.69, 9.17) is 9.47 Å². The van der Waals surface area contributed by atoms with E-state index in [2.05, 4.69) is 46.0 Å². The second-order valence-corrected chi connectivity index (χ2v) is 15.6. The number of nitrogens with one attached hydrogen (secondary N) is 1. The first-order valence-electron chi connectivity index (χ1n) is 17.6.